The van der Waals surface area contributed by atoms with E-state index >= 15 is 0 Å². The summed E-state index contributed by atoms with van der Waals surface area (Å²) in [7, 11) is 1.39. The highest BCUT2D eigenvalue weighted by atomic mass is 31.2. The zero-order valence-corrected chi connectivity index (χ0v) is 22.4. The van der Waals surface area contributed by atoms with Crippen molar-refractivity contribution in [1.82, 2.24) is 0 Å². The number of unbranched alkanes of at least 4 members (excludes halogenated alkanes) is 12. The number of aliphatic hydroxyl groups is 2. The Morgan fingerprint density at radius 2 is 1.27 bits per heavy atom. The summed E-state index contributed by atoms with van der Waals surface area (Å²) in [5.41, 5.74) is 0. The maximum absolute atomic E-state index is 12.1. The number of hydrogen-bond donors (Lipinski definition) is 3. The van der Waals surface area contributed by atoms with E-state index in [0.717, 1.165) is 19.3 Å². The van der Waals surface area contributed by atoms with Gasteiger partial charge in [-0.3, -0.25) is 13.8 Å². The van der Waals surface area contributed by atoms with Crippen molar-refractivity contribution in [2.75, 3.05) is 40.9 Å². The smallest absolute Gasteiger partial charge is 0.388 e. The fraction of sp³-hybridized carbons (Fsp3) is 0.958. The van der Waals surface area contributed by atoms with Crippen molar-refractivity contribution in [2.45, 2.75) is 109 Å². The number of aliphatic hydroxyl groups excluding tert-OH is 2. The van der Waals surface area contributed by atoms with Gasteiger partial charge in [0.2, 0.25) is 0 Å². The lowest BCUT2D eigenvalue weighted by Crippen LogP contribution is -2.38. The Morgan fingerprint density at radius 3 is 1.73 bits per heavy atom. The number of Topliss-reactive ketones (excluding diaryl/α,β-unsaturated/α-hetero) is 1. The van der Waals surface area contributed by atoms with Gasteiger partial charge in [-0.25, -0.2) is 4.57 Å². The fourth-order valence-electron chi connectivity index (χ4n) is 3.41. The van der Waals surface area contributed by atoms with Crippen molar-refractivity contribution in [2.24, 2.45) is 0 Å². The van der Waals surface area contributed by atoms with Gasteiger partial charge in [-0.05, 0) is 6.42 Å². The van der Waals surface area contributed by atoms with Crippen LogP contribution in [0.15, 0.2) is 0 Å². The van der Waals surface area contributed by atoms with Gasteiger partial charge in [-0.15, -0.1) is 0 Å². The average Bonchev–Trinajstić information content (AvgIpc) is 2.73. The number of nitrogens with zero attached hydrogens (tertiary/aromatic N) is 1. The Kier molecular flexibility index (Phi) is 18.7. The summed E-state index contributed by atoms with van der Waals surface area (Å²) in [6.07, 6.45) is 12.6. The molecule has 33 heavy (non-hydrogen) atoms. The first-order valence-corrected chi connectivity index (χ1v) is 14.3. The number of quaternary nitrogens is 1. The molecule has 0 heterocycles. The van der Waals surface area contributed by atoms with Gasteiger partial charge in [0.25, 0.3) is 0 Å². The first-order chi connectivity index (χ1) is 15.5. The van der Waals surface area contributed by atoms with E-state index in [4.69, 9.17) is 9.05 Å². The van der Waals surface area contributed by atoms with Gasteiger partial charge in [0, 0.05) is 6.42 Å². The van der Waals surface area contributed by atoms with Crippen LogP contribution in [0.4, 0.5) is 0 Å². The van der Waals surface area contributed by atoms with Gasteiger partial charge >= 0.3 is 7.82 Å². The number of likely N-dealkylation sites (N-methyl/N-ethyl adjacent to an activating group) is 1. The SMILES string of the molecule is CCCCCCCCCCCCCCCC(=O)C(O)[C@@H](O)COP(=O)(O)OCC[N+](C)(C)C. The predicted molar refractivity (Wildman–Crippen MR) is 132 cm³/mol. The van der Waals surface area contributed by atoms with Crippen LogP contribution in [0, 0.1) is 0 Å². The molecule has 0 aliphatic heterocycles. The van der Waals surface area contributed by atoms with E-state index in [9.17, 15) is 24.5 Å². The minimum Gasteiger partial charge on any atom is -0.388 e. The topological polar surface area (TPSA) is 113 Å². The summed E-state index contributed by atoms with van der Waals surface area (Å²) < 4.78 is 21.9. The molecule has 9 heteroatoms. The maximum atomic E-state index is 12.1. The molecule has 0 saturated carbocycles. The molecule has 0 spiro atoms. The van der Waals surface area contributed by atoms with E-state index in [1.807, 2.05) is 21.1 Å². The first kappa shape index (κ1) is 32.7. The molecule has 2 unspecified atom stereocenters. The van der Waals surface area contributed by atoms with Crippen molar-refractivity contribution in [3.05, 3.63) is 0 Å². The third-order valence-electron chi connectivity index (χ3n) is 5.65. The highest BCUT2D eigenvalue weighted by Crippen LogP contribution is 2.43. The van der Waals surface area contributed by atoms with Crippen LogP contribution in [0.2, 0.25) is 0 Å². The second kappa shape index (κ2) is 18.9. The van der Waals surface area contributed by atoms with Crippen LogP contribution in [0.25, 0.3) is 0 Å². The summed E-state index contributed by atoms with van der Waals surface area (Å²) in [6, 6.07) is 0. The molecule has 0 aromatic heterocycles. The average molecular weight is 497 g/mol. The Morgan fingerprint density at radius 1 is 0.818 bits per heavy atom. The second-order valence-electron chi connectivity index (χ2n) is 10.1. The third-order valence-corrected chi connectivity index (χ3v) is 6.63. The van der Waals surface area contributed by atoms with Crippen LogP contribution < -0.4 is 0 Å². The molecule has 8 nitrogen and oxygen atoms in total. The second-order valence-corrected chi connectivity index (χ2v) is 11.5. The van der Waals surface area contributed by atoms with Gasteiger partial charge in [0.15, 0.2) is 5.78 Å². The summed E-state index contributed by atoms with van der Waals surface area (Å²) in [6.45, 7) is 2.09. The first-order valence-electron chi connectivity index (χ1n) is 12.8. The summed E-state index contributed by atoms with van der Waals surface area (Å²) in [5.74, 6) is -0.479. The molecule has 0 aromatic rings. The zero-order chi connectivity index (χ0) is 25.2. The highest BCUT2D eigenvalue weighted by molar-refractivity contribution is 7.47. The largest absolute Gasteiger partial charge is 0.472 e. The van der Waals surface area contributed by atoms with E-state index in [1.54, 1.807) is 0 Å². The molecule has 198 valence electrons. The number of carbonyl (C=O) groups is 1. The van der Waals surface area contributed by atoms with E-state index in [0.29, 0.717) is 17.4 Å². The number of phosphoric acid groups is 1. The lowest BCUT2D eigenvalue weighted by molar-refractivity contribution is -0.870. The van der Waals surface area contributed by atoms with E-state index in [1.165, 1.54) is 57.8 Å². The molecule has 3 N–H and O–H groups in total. The van der Waals surface area contributed by atoms with Gasteiger partial charge in [0.1, 0.15) is 25.4 Å². The van der Waals surface area contributed by atoms with Crippen molar-refractivity contribution < 1.29 is 38.0 Å². The Labute approximate surface area is 201 Å². The highest BCUT2D eigenvalue weighted by Gasteiger charge is 2.29. The Balaban J connectivity index is 3.78. The van der Waals surface area contributed by atoms with Crippen LogP contribution >= 0.6 is 7.82 Å². The molecule has 0 fully saturated rings. The predicted octanol–water partition coefficient (Wildman–Crippen LogP) is 4.60. The molecular weight excluding hydrogens is 445 g/mol. The lowest BCUT2D eigenvalue weighted by Gasteiger charge is -2.24. The summed E-state index contributed by atoms with van der Waals surface area (Å²) in [4.78, 5) is 21.7. The normalized spacial score (nSPS) is 15.8. The number of ketones is 1. The van der Waals surface area contributed by atoms with Gasteiger partial charge in [0.05, 0.1) is 27.7 Å². The maximum Gasteiger partial charge on any atom is 0.472 e. The van der Waals surface area contributed by atoms with Crippen molar-refractivity contribution >= 4 is 13.6 Å². The number of hydrogen-bond acceptors (Lipinski definition) is 6. The molecule has 0 bridgehead atoms. The number of rotatable bonds is 23. The van der Waals surface area contributed by atoms with Crippen LogP contribution in [0.3, 0.4) is 0 Å². The molecule has 0 aromatic carbocycles. The summed E-state index contributed by atoms with van der Waals surface area (Å²) in [5, 5.41) is 19.9. The van der Waals surface area contributed by atoms with Gasteiger partial charge in [-0.2, -0.15) is 0 Å². The van der Waals surface area contributed by atoms with E-state index in [-0.39, 0.29) is 13.0 Å². The van der Waals surface area contributed by atoms with E-state index < -0.39 is 32.4 Å². The molecule has 0 radical (unpaired) electrons. The van der Waals surface area contributed by atoms with Crippen molar-refractivity contribution in [1.29, 1.82) is 0 Å². The van der Waals surface area contributed by atoms with Crippen molar-refractivity contribution in [3.63, 3.8) is 0 Å². The van der Waals surface area contributed by atoms with Gasteiger partial charge in [-0.1, -0.05) is 84.0 Å². The van der Waals surface area contributed by atoms with E-state index in [2.05, 4.69) is 6.92 Å². The molecule has 0 amide bonds. The lowest BCUT2D eigenvalue weighted by atomic mass is 10.0. The van der Waals surface area contributed by atoms with Crippen LogP contribution in [0.1, 0.15) is 96.8 Å². The Bertz CT molecular complexity index is 539. The monoisotopic (exact) mass is 496 g/mol. The minimum absolute atomic E-state index is 0.00784. The molecular formula is C24H51NO7P+. The molecule has 0 aliphatic carbocycles. The third kappa shape index (κ3) is 20.7. The van der Waals surface area contributed by atoms with Crippen LogP contribution in [0.5, 0.6) is 0 Å². The minimum atomic E-state index is -4.35. The van der Waals surface area contributed by atoms with Gasteiger partial charge < -0.3 is 19.6 Å². The standard InChI is InChI=1S/C24H50NO7P/c1-5-6-7-8-9-10-11-12-13-14-15-16-17-18-22(26)24(28)23(27)21-32-33(29,30)31-20-19-25(2,3)4/h23-24,27-28H,5-21H2,1-4H3/p+1/t23-,24?/m0/s1. The fourth-order valence-corrected chi connectivity index (χ4v) is 4.14. The van der Waals surface area contributed by atoms with Crippen LogP contribution in [-0.2, 0) is 18.4 Å². The van der Waals surface area contributed by atoms with Crippen molar-refractivity contribution in [3.8, 4) is 0 Å². The zero-order valence-electron chi connectivity index (χ0n) is 21.5. The number of phosphoric ester groups is 1. The molecule has 3 atom stereocenters. The van der Waals surface area contributed by atoms with Crippen LogP contribution in [-0.4, -0.2) is 78.5 Å². The number of carbonyl (C=O) groups excluding carboxylic acids is 1. The quantitative estimate of drug-likeness (QED) is 0.108. The Hall–Kier alpha value is -0.340. The molecule has 0 aliphatic rings. The molecule has 0 rings (SSSR count). The summed E-state index contributed by atoms with van der Waals surface area (Å²) >= 11 is 0. The molecule has 0 saturated heterocycles.